The van der Waals surface area contributed by atoms with Gasteiger partial charge >= 0.3 is 0 Å². The number of hydrogen-bond donors (Lipinski definition) is 1. The summed E-state index contributed by atoms with van der Waals surface area (Å²) in [6.07, 6.45) is 0. The van der Waals surface area contributed by atoms with Crippen molar-refractivity contribution in [3.8, 4) is 11.5 Å². The molecule has 160 valence electrons. The average Bonchev–Trinajstić information content (AvgIpc) is 3.36. The predicted molar refractivity (Wildman–Crippen MR) is 123 cm³/mol. The van der Waals surface area contributed by atoms with Crippen LogP contribution in [0, 0.1) is 0 Å². The lowest BCUT2D eigenvalue weighted by molar-refractivity contribution is -0.120. The first kappa shape index (κ1) is 19.9. The smallest absolute Gasteiger partial charge is 0.282 e. The van der Waals surface area contributed by atoms with Crippen molar-refractivity contribution in [1.29, 1.82) is 0 Å². The molecule has 6 heteroatoms. The molecule has 0 saturated carbocycles. The number of rotatable bonds is 5. The number of benzene rings is 3. The molecule has 2 aliphatic heterocycles. The van der Waals surface area contributed by atoms with E-state index < -0.39 is 5.91 Å². The fraction of sp³-hybridized carbons (Fsp3) is 0.154. The van der Waals surface area contributed by atoms with Crippen molar-refractivity contribution >= 4 is 28.8 Å². The van der Waals surface area contributed by atoms with E-state index in [-0.39, 0.29) is 18.4 Å². The number of hydrogen-bond acceptors (Lipinski definition) is 5. The lowest BCUT2D eigenvalue weighted by atomic mass is 10.0. The molecule has 0 unspecified atom stereocenters. The second-order valence-electron chi connectivity index (χ2n) is 8.00. The molecule has 5 rings (SSSR count). The number of carbonyl (C=O) groups excluding carboxylic acids is 2. The average molecular weight is 426 g/mol. The van der Waals surface area contributed by atoms with Gasteiger partial charge in [0.1, 0.15) is 5.70 Å². The lowest BCUT2D eigenvalue weighted by Gasteiger charge is -2.16. The number of fused-ring (bicyclic) bond motifs is 1. The molecule has 0 saturated heterocycles. The Kier molecular flexibility index (Phi) is 4.90. The van der Waals surface area contributed by atoms with Gasteiger partial charge in [-0.1, -0.05) is 56.3 Å². The number of imide groups is 1. The first-order valence-electron chi connectivity index (χ1n) is 10.5. The van der Waals surface area contributed by atoms with E-state index in [4.69, 9.17) is 9.47 Å². The summed E-state index contributed by atoms with van der Waals surface area (Å²) in [5.41, 5.74) is 3.56. The molecule has 3 aromatic rings. The summed E-state index contributed by atoms with van der Waals surface area (Å²) in [5, 5.41) is 3.16. The third kappa shape index (κ3) is 3.39. The maximum absolute atomic E-state index is 13.5. The fourth-order valence-corrected chi connectivity index (χ4v) is 3.88. The molecule has 0 aromatic heterocycles. The molecule has 2 amide bonds. The van der Waals surface area contributed by atoms with E-state index in [1.165, 1.54) is 4.90 Å². The highest BCUT2D eigenvalue weighted by Crippen LogP contribution is 2.37. The summed E-state index contributed by atoms with van der Waals surface area (Å²) in [5.74, 6) is 0.837. The molecular weight excluding hydrogens is 404 g/mol. The normalized spacial score (nSPS) is 15.2. The monoisotopic (exact) mass is 426 g/mol. The number of anilines is 2. The minimum absolute atomic E-state index is 0.161. The largest absolute Gasteiger partial charge is 0.454 e. The number of carbonyl (C=O) groups is 2. The topological polar surface area (TPSA) is 67.9 Å². The second kappa shape index (κ2) is 7.89. The zero-order chi connectivity index (χ0) is 22.2. The van der Waals surface area contributed by atoms with Gasteiger partial charge < -0.3 is 14.8 Å². The Hall–Kier alpha value is -4.06. The van der Waals surface area contributed by atoms with Crippen molar-refractivity contribution in [1.82, 2.24) is 0 Å². The van der Waals surface area contributed by atoms with Crippen LogP contribution in [0.2, 0.25) is 0 Å². The predicted octanol–water partition coefficient (Wildman–Crippen LogP) is 4.94. The van der Waals surface area contributed by atoms with E-state index in [2.05, 4.69) is 19.2 Å². The molecule has 32 heavy (non-hydrogen) atoms. The molecule has 1 N–H and O–H groups in total. The maximum atomic E-state index is 13.5. The molecule has 2 heterocycles. The van der Waals surface area contributed by atoms with Crippen LogP contribution in [0.5, 0.6) is 11.5 Å². The molecule has 2 aliphatic rings. The van der Waals surface area contributed by atoms with Gasteiger partial charge in [0.2, 0.25) is 6.79 Å². The SMILES string of the molecule is CC(C)c1ccc(N2C(=O)C(Nc3ccc4c(c3)OCO4)=C(c3ccccc3)C2=O)cc1. The Morgan fingerprint density at radius 3 is 2.28 bits per heavy atom. The summed E-state index contributed by atoms with van der Waals surface area (Å²) < 4.78 is 10.8. The molecule has 0 spiro atoms. The van der Waals surface area contributed by atoms with E-state index in [9.17, 15) is 9.59 Å². The Bertz CT molecular complexity index is 1230. The third-order valence-electron chi connectivity index (χ3n) is 5.61. The first-order valence-corrected chi connectivity index (χ1v) is 10.5. The minimum atomic E-state index is -0.399. The van der Waals surface area contributed by atoms with Crippen molar-refractivity contribution in [2.45, 2.75) is 19.8 Å². The second-order valence-corrected chi connectivity index (χ2v) is 8.00. The zero-order valence-electron chi connectivity index (χ0n) is 17.8. The van der Waals surface area contributed by atoms with Crippen LogP contribution in [0.15, 0.2) is 78.5 Å². The Labute approximate surface area is 186 Å². The van der Waals surface area contributed by atoms with Gasteiger partial charge in [0.05, 0.1) is 11.3 Å². The third-order valence-corrected chi connectivity index (χ3v) is 5.61. The van der Waals surface area contributed by atoms with Gasteiger partial charge in [0.15, 0.2) is 11.5 Å². The van der Waals surface area contributed by atoms with Gasteiger partial charge in [0, 0.05) is 11.8 Å². The van der Waals surface area contributed by atoms with E-state index >= 15 is 0 Å². The molecule has 0 fully saturated rings. The van der Waals surface area contributed by atoms with Crippen molar-refractivity contribution in [3.63, 3.8) is 0 Å². The Morgan fingerprint density at radius 2 is 1.56 bits per heavy atom. The summed E-state index contributed by atoms with van der Waals surface area (Å²) in [7, 11) is 0. The summed E-state index contributed by atoms with van der Waals surface area (Å²) in [6, 6.07) is 22.1. The molecule has 0 bridgehead atoms. The van der Waals surface area contributed by atoms with Gasteiger partial charge in [-0.15, -0.1) is 0 Å². The van der Waals surface area contributed by atoms with Gasteiger partial charge in [-0.05, 0) is 41.3 Å². The van der Waals surface area contributed by atoms with E-state index in [1.807, 2.05) is 54.6 Å². The number of nitrogens with zero attached hydrogens (tertiary/aromatic N) is 1. The highest BCUT2D eigenvalue weighted by molar-refractivity contribution is 6.46. The van der Waals surface area contributed by atoms with Crippen molar-refractivity contribution < 1.29 is 19.1 Å². The molecule has 6 nitrogen and oxygen atoms in total. The van der Waals surface area contributed by atoms with E-state index in [0.29, 0.717) is 39.9 Å². The number of ether oxygens (including phenoxy) is 2. The maximum Gasteiger partial charge on any atom is 0.282 e. The molecule has 0 aliphatic carbocycles. The number of amides is 2. The number of nitrogens with one attached hydrogen (secondary N) is 1. The van der Waals surface area contributed by atoms with Crippen LogP contribution in [-0.4, -0.2) is 18.6 Å². The van der Waals surface area contributed by atoms with Crippen molar-refractivity contribution in [3.05, 3.63) is 89.6 Å². The summed E-state index contributed by atoms with van der Waals surface area (Å²) >= 11 is 0. The first-order chi connectivity index (χ1) is 15.5. The quantitative estimate of drug-likeness (QED) is 0.586. The van der Waals surface area contributed by atoms with Crippen LogP contribution in [0.3, 0.4) is 0 Å². The van der Waals surface area contributed by atoms with Crippen LogP contribution in [0.1, 0.15) is 30.9 Å². The Morgan fingerprint density at radius 1 is 0.844 bits per heavy atom. The molecule has 3 aromatic carbocycles. The van der Waals surface area contributed by atoms with Crippen LogP contribution in [-0.2, 0) is 9.59 Å². The Balaban J connectivity index is 1.55. The molecule has 0 radical (unpaired) electrons. The lowest BCUT2D eigenvalue weighted by Crippen LogP contribution is -2.32. The van der Waals surface area contributed by atoms with Crippen LogP contribution in [0.4, 0.5) is 11.4 Å². The van der Waals surface area contributed by atoms with Gasteiger partial charge in [-0.3, -0.25) is 9.59 Å². The molecule has 0 atom stereocenters. The van der Waals surface area contributed by atoms with Crippen LogP contribution >= 0.6 is 0 Å². The zero-order valence-corrected chi connectivity index (χ0v) is 17.8. The van der Waals surface area contributed by atoms with E-state index in [0.717, 1.165) is 5.56 Å². The fourth-order valence-electron chi connectivity index (χ4n) is 3.88. The van der Waals surface area contributed by atoms with Crippen LogP contribution in [0.25, 0.3) is 5.57 Å². The van der Waals surface area contributed by atoms with E-state index in [1.54, 1.807) is 18.2 Å². The van der Waals surface area contributed by atoms with Gasteiger partial charge in [0.25, 0.3) is 11.8 Å². The summed E-state index contributed by atoms with van der Waals surface area (Å²) in [6.45, 7) is 4.36. The van der Waals surface area contributed by atoms with Gasteiger partial charge in [-0.25, -0.2) is 4.90 Å². The van der Waals surface area contributed by atoms with Crippen molar-refractivity contribution in [2.24, 2.45) is 0 Å². The van der Waals surface area contributed by atoms with Crippen molar-refractivity contribution in [2.75, 3.05) is 17.0 Å². The van der Waals surface area contributed by atoms with Gasteiger partial charge in [-0.2, -0.15) is 0 Å². The molecular formula is C26H22N2O4. The minimum Gasteiger partial charge on any atom is -0.454 e. The summed E-state index contributed by atoms with van der Waals surface area (Å²) in [4.78, 5) is 28.2. The highest BCUT2D eigenvalue weighted by atomic mass is 16.7. The standard InChI is InChI=1S/C26H22N2O4/c1-16(2)17-8-11-20(12-9-17)28-25(29)23(18-6-4-3-5-7-18)24(26(28)30)27-19-10-13-21-22(14-19)32-15-31-21/h3-14,16,27H,15H2,1-2H3. The van der Waals surface area contributed by atoms with Crippen LogP contribution < -0.4 is 19.7 Å². The highest BCUT2D eigenvalue weighted by Gasteiger charge is 2.40.